The molecule has 23 heavy (non-hydrogen) atoms. The van der Waals surface area contributed by atoms with Crippen LogP contribution in [0.5, 0.6) is 0 Å². The molecule has 0 unspecified atom stereocenters. The monoisotopic (exact) mass is 319 g/mol. The van der Waals surface area contributed by atoms with Crippen LogP contribution >= 0.6 is 0 Å². The predicted molar refractivity (Wildman–Crippen MR) is 87.4 cm³/mol. The second kappa shape index (κ2) is 7.09. The van der Waals surface area contributed by atoms with Gasteiger partial charge in [0.2, 0.25) is 0 Å². The summed E-state index contributed by atoms with van der Waals surface area (Å²) in [5.74, 6) is 0. The van der Waals surface area contributed by atoms with Crippen molar-refractivity contribution in [1.29, 1.82) is 0 Å². The minimum absolute atomic E-state index is 0.554. The van der Waals surface area contributed by atoms with Crippen LogP contribution in [0.1, 0.15) is 16.7 Å². The van der Waals surface area contributed by atoms with E-state index in [1.54, 1.807) is 6.21 Å². The summed E-state index contributed by atoms with van der Waals surface area (Å²) >= 11 is 0. The van der Waals surface area contributed by atoms with Gasteiger partial charge in [-0.05, 0) is 35.4 Å². The maximum atomic E-state index is 12.4. The topological polar surface area (TPSA) is 28.0 Å². The molecule has 0 N–H and O–H groups in total. The molecule has 2 rings (SSSR count). The van der Waals surface area contributed by atoms with Crippen molar-refractivity contribution in [1.82, 2.24) is 0 Å². The molecule has 0 bridgehead atoms. The SMILES string of the molecule is CN(C)c1ccc(/C=N/N=C/c2ccc(C(F)(F)F)cc2)cc1. The molecule has 2 aromatic rings. The fraction of sp³-hybridized carbons (Fsp3) is 0.176. The molecule has 0 spiro atoms. The van der Waals surface area contributed by atoms with Crippen LogP contribution in [0.15, 0.2) is 58.7 Å². The third-order valence-electron chi connectivity index (χ3n) is 3.13. The molecule has 0 aliphatic heterocycles. The van der Waals surface area contributed by atoms with Gasteiger partial charge >= 0.3 is 6.18 Å². The van der Waals surface area contributed by atoms with Gasteiger partial charge in [-0.15, -0.1) is 0 Å². The summed E-state index contributed by atoms with van der Waals surface area (Å²) < 4.78 is 37.3. The molecule has 0 aliphatic carbocycles. The van der Waals surface area contributed by atoms with Crippen molar-refractivity contribution in [3.05, 3.63) is 65.2 Å². The summed E-state index contributed by atoms with van der Waals surface area (Å²) in [7, 11) is 3.91. The van der Waals surface area contributed by atoms with Crippen LogP contribution < -0.4 is 4.90 Å². The molecule has 0 heterocycles. The molecule has 0 atom stereocenters. The fourth-order valence-electron chi connectivity index (χ4n) is 1.82. The lowest BCUT2D eigenvalue weighted by Crippen LogP contribution is -2.08. The van der Waals surface area contributed by atoms with Crippen LogP contribution in [-0.2, 0) is 6.18 Å². The van der Waals surface area contributed by atoms with Crippen molar-refractivity contribution < 1.29 is 13.2 Å². The van der Waals surface area contributed by atoms with Crippen LogP contribution in [0, 0.1) is 0 Å². The average molecular weight is 319 g/mol. The highest BCUT2D eigenvalue weighted by Crippen LogP contribution is 2.28. The van der Waals surface area contributed by atoms with Gasteiger partial charge in [0, 0.05) is 19.8 Å². The summed E-state index contributed by atoms with van der Waals surface area (Å²) in [6.45, 7) is 0. The second-order valence-electron chi connectivity index (χ2n) is 5.09. The van der Waals surface area contributed by atoms with E-state index in [4.69, 9.17) is 0 Å². The Morgan fingerprint density at radius 1 is 0.783 bits per heavy atom. The molecule has 0 aromatic heterocycles. The molecule has 0 fully saturated rings. The summed E-state index contributed by atoms with van der Waals surface area (Å²) in [5.41, 5.74) is 1.84. The predicted octanol–water partition coefficient (Wildman–Crippen LogP) is 4.22. The van der Waals surface area contributed by atoms with Crippen LogP contribution in [0.25, 0.3) is 0 Å². The zero-order valence-electron chi connectivity index (χ0n) is 12.7. The third kappa shape index (κ3) is 4.95. The van der Waals surface area contributed by atoms with Gasteiger partial charge in [0.15, 0.2) is 0 Å². The number of hydrogen-bond acceptors (Lipinski definition) is 3. The fourth-order valence-corrected chi connectivity index (χ4v) is 1.82. The van der Waals surface area contributed by atoms with Gasteiger partial charge in [-0.2, -0.15) is 23.4 Å². The maximum absolute atomic E-state index is 12.4. The van der Waals surface area contributed by atoms with Crippen LogP contribution in [0.4, 0.5) is 18.9 Å². The summed E-state index contributed by atoms with van der Waals surface area (Å²) in [6, 6.07) is 12.5. The lowest BCUT2D eigenvalue weighted by atomic mass is 10.1. The number of benzene rings is 2. The first-order chi connectivity index (χ1) is 10.9. The first kappa shape index (κ1) is 16.7. The van der Waals surface area contributed by atoms with E-state index >= 15 is 0 Å². The number of anilines is 1. The van der Waals surface area contributed by atoms with Crippen molar-refractivity contribution >= 4 is 18.1 Å². The molecule has 0 radical (unpaired) electrons. The Labute approximate surface area is 132 Å². The van der Waals surface area contributed by atoms with E-state index in [1.807, 2.05) is 43.3 Å². The Bertz CT molecular complexity index is 685. The standard InChI is InChI=1S/C17H16F3N3/c1-23(2)16-9-5-14(6-10-16)12-22-21-11-13-3-7-15(8-4-13)17(18,19)20/h3-12H,1-2H3/b21-11+,22-12+. The van der Waals surface area contributed by atoms with Gasteiger partial charge in [-0.25, -0.2) is 0 Å². The van der Waals surface area contributed by atoms with E-state index in [-0.39, 0.29) is 0 Å². The zero-order valence-corrected chi connectivity index (χ0v) is 12.7. The Morgan fingerprint density at radius 3 is 1.61 bits per heavy atom. The summed E-state index contributed by atoms with van der Waals surface area (Å²) in [6.07, 6.45) is -1.34. The van der Waals surface area contributed by atoms with Crippen molar-refractivity contribution in [3.63, 3.8) is 0 Å². The average Bonchev–Trinajstić information content (AvgIpc) is 2.51. The smallest absolute Gasteiger partial charge is 0.378 e. The highest BCUT2D eigenvalue weighted by atomic mass is 19.4. The van der Waals surface area contributed by atoms with Crippen LogP contribution in [0.2, 0.25) is 0 Å². The molecule has 6 heteroatoms. The Morgan fingerprint density at radius 2 is 1.22 bits per heavy atom. The minimum Gasteiger partial charge on any atom is -0.378 e. The molecule has 0 amide bonds. The van der Waals surface area contributed by atoms with E-state index in [0.29, 0.717) is 5.56 Å². The zero-order chi connectivity index (χ0) is 16.9. The molecule has 0 saturated heterocycles. The molecule has 0 saturated carbocycles. The van der Waals surface area contributed by atoms with Gasteiger partial charge in [0.25, 0.3) is 0 Å². The first-order valence-corrected chi connectivity index (χ1v) is 6.87. The van der Waals surface area contributed by atoms with Crippen LogP contribution in [-0.4, -0.2) is 26.5 Å². The molecule has 120 valence electrons. The van der Waals surface area contributed by atoms with Gasteiger partial charge in [0.1, 0.15) is 0 Å². The highest BCUT2D eigenvalue weighted by Gasteiger charge is 2.29. The van der Waals surface area contributed by atoms with E-state index in [0.717, 1.165) is 23.4 Å². The Hall–Kier alpha value is -2.63. The lowest BCUT2D eigenvalue weighted by Gasteiger charge is -2.11. The van der Waals surface area contributed by atoms with E-state index in [9.17, 15) is 13.2 Å². The van der Waals surface area contributed by atoms with Gasteiger partial charge in [-0.3, -0.25) is 0 Å². The minimum atomic E-state index is -4.33. The first-order valence-electron chi connectivity index (χ1n) is 6.87. The van der Waals surface area contributed by atoms with E-state index < -0.39 is 11.7 Å². The van der Waals surface area contributed by atoms with Crippen molar-refractivity contribution in [2.45, 2.75) is 6.18 Å². The van der Waals surface area contributed by atoms with Crippen molar-refractivity contribution in [2.75, 3.05) is 19.0 Å². The van der Waals surface area contributed by atoms with E-state index in [2.05, 4.69) is 10.2 Å². The maximum Gasteiger partial charge on any atom is 0.416 e. The number of halogens is 3. The number of hydrogen-bond donors (Lipinski definition) is 0. The second-order valence-corrected chi connectivity index (χ2v) is 5.09. The van der Waals surface area contributed by atoms with Crippen molar-refractivity contribution in [2.24, 2.45) is 10.2 Å². The summed E-state index contributed by atoms with van der Waals surface area (Å²) in [5, 5.41) is 7.73. The third-order valence-corrected chi connectivity index (χ3v) is 3.13. The molecule has 0 aliphatic rings. The van der Waals surface area contributed by atoms with Gasteiger partial charge in [0.05, 0.1) is 18.0 Å². The summed E-state index contributed by atoms with van der Waals surface area (Å²) in [4.78, 5) is 1.99. The number of nitrogens with zero attached hydrogens (tertiary/aromatic N) is 3. The van der Waals surface area contributed by atoms with Crippen LogP contribution in [0.3, 0.4) is 0 Å². The lowest BCUT2D eigenvalue weighted by molar-refractivity contribution is -0.137. The Kier molecular flexibility index (Phi) is 5.16. The molecular formula is C17H16F3N3. The number of rotatable bonds is 4. The van der Waals surface area contributed by atoms with Gasteiger partial charge < -0.3 is 4.90 Å². The van der Waals surface area contributed by atoms with Crippen molar-refractivity contribution in [3.8, 4) is 0 Å². The molecule has 3 nitrogen and oxygen atoms in total. The Balaban J connectivity index is 1.98. The quantitative estimate of drug-likeness (QED) is 0.612. The molecule has 2 aromatic carbocycles. The van der Waals surface area contributed by atoms with E-state index in [1.165, 1.54) is 18.3 Å². The highest BCUT2D eigenvalue weighted by molar-refractivity contribution is 5.83. The van der Waals surface area contributed by atoms with Gasteiger partial charge in [-0.1, -0.05) is 24.3 Å². The number of alkyl halides is 3. The largest absolute Gasteiger partial charge is 0.416 e. The normalized spacial score (nSPS) is 12.2. The molecular weight excluding hydrogens is 303 g/mol.